The Balaban J connectivity index is 1.85. The number of aromatic amines is 1. The van der Waals surface area contributed by atoms with Crippen LogP contribution in [0.3, 0.4) is 0 Å². The molecule has 0 aliphatic heterocycles. The molecule has 1 heterocycles. The third-order valence-electron chi connectivity index (χ3n) is 4.26. The highest BCUT2D eigenvalue weighted by molar-refractivity contribution is 7.89. The third-order valence-corrected chi connectivity index (χ3v) is 5.79. The van der Waals surface area contributed by atoms with Crippen molar-refractivity contribution in [3.63, 3.8) is 0 Å². The second-order valence-corrected chi connectivity index (χ2v) is 8.24. The monoisotopic (exact) mass is 382 g/mol. The molecule has 0 radical (unpaired) electrons. The number of hydrogen-bond acceptors (Lipinski definition) is 4. The summed E-state index contributed by atoms with van der Waals surface area (Å²) in [6, 6.07) is 11.6. The summed E-state index contributed by atoms with van der Waals surface area (Å²) >= 11 is 0. The summed E-state index contributed by atoms with van der Waals surface area (Å²) in [6.07, 6.45) is 3.06. The predicted molar refractivity (Wildman–Crippen MR) is 107 cm³/mol. The second kappa shape index (κ2) is 7.36. The summed E-state index contributed by atoms with van der Waals surface area (Å²) in [7, 11) is -3.75. The van der Waals surface area contributed by atoms with Gasteiger partial charge >= 0.3 is 0 Å². The van der Waals surface area contributed by atoms with Crippen LogP contribution < -0.4 is 4.83 Å². The number of benzene rings is 2. The predicted octanol–water partition coefficient (Wildman–Crippen LogP) is 3.62. The van der Waals surface area contributed by atoms with Gasteiger partial charge in [-0.1, -0.05) is 47.5 Å². The van der Waals surface area contributed by atoms with Crippen LogP contribution in [0.1, 0.15) is 27.8 Å². The average molecular weight is 382 g/mol. The number of hydrazone groups is 1. The lowest BCUT2D eigenvalue weighted by Crippen LogP contribution is -2.20. The molecule has 0 saturated heterocycles. The Hall–Kier alpha value is -2.93. The molecule has 140 valence electrons. The highest BCUT2D eigenvalue weighted by atomic mass is 32.2. The summed E-state index contributed by atoms with van der Waals surface area (Å²) in [4.78, 5) is 2.56. The van der Waals surface area contributed by atoms with Crippen LogP contribution in [0, 0.1) is 27.7 Å². The van der Waals surface area contributed by atoms with E-state index in [9.17, 15) is 8.42 Å². The van der Waals surface area contributed by atoms with Gasteiger partial charge in [0.1, 0.15) is 0 Å². The first-order valence-electron chi connectivity index (χ1n) is 8.51. The first-order chi connectivity index (χ1) is 12.8. The molecule has 6 nitrogen and oxygen atoms in total. The number of aromatic nitrogens is 2. The normalized spacial score (nSPS) is 11.9. The lowest BCUT2D eigenvalue weighted by molar-refractivity contribution is 0.583. The van der Waals surface area contributed by atoms with Gasteiger partial charge < -0.3 is 0 Å². The van der Waals surface area contributed by atoms with Crippen molar-refractivity contribution in [3.8, 4) is 11.3 Å². The number of rotatable bonds is 5. The Kier molecular flexibility index (Phi) is 5.14. The van der Waals surface area contributed by atoms with E-state index in [1.54, 1.807) is 20.0 Å². The smallest absolute Gasteiger partial charge is 0.277 e. The largest absolute Gasteiger partial charge is 0.277 e. The SMILES string of the molecule is Cc1ccc(-c2[nH]ncc2C=NNS(=O)(=O)c2c(C)cc(C)cc2C)cc1. The van der Waals surface area contributed by atoms with Crippen LogP contribution in [0.15, 0.2) is 52.6 Å². The molecule has 2 aromatic carbocycles. The van der Waals surface area contributed by atoms with Crippen molar-refractivity contribution in [3.05, 3.63) is 70.4 Å². The molecule has 0 unspecified atom stereocenters. The summed E-state index contributed by atoms with van der Waals surface area (Å²) in [5.74, 6) is 0. The van der Waals surface area contributed by atoms with Crippen molar-refractivity contribution >= 4 is 16.2 Å². The number of aryl methyl sites for hydroxylation is 4. The molecule has 0 bridgehead atoms. The standard InChI is InChI=1S/C20H22N4O2S/c1-13-5-7-17(8-6-13)19-18(11-21-23-19)12-22-24-27(25,26)20-15(3)9-14(2)10-16(20)4/h5-12,24H,1-4H3,(H,21,23). The molecule has 0 aliphatic carbocycles. The fraction of sp³-hybridized carbons (Fsp3) is 0.200. The minimum absolute atomic E-state index is 0.260. The van der Waals surface area contributed by atoms with Crippen LogP contribution in [0.2, 0.25) is 0 Å². The molecule has 1 aromatic heterocycles. The summed E-state index contributed by atoms with van der Waals surface area (Å²) < 4.78 is 25.3. The number of nitrogens with zero attached hydrogens (tertiary/aromatic N) is 2. The molecule has 3 rings (SSSR count). The summed E-state index contributed by atoms with van der Waals surface area (Å²) in [6.45, 7) is 7.52. The van der Waals surface area contributed by atoms with Gasteiger partial charge in [0, 0.05) is 11.1 Å². The molecule has 0 spiro atoms. The van der Waals surface area contributed by atoms with E-state index in [-0.39, 0.29) is 4.90 Å². The van der Waals surface area contributed by atoms with E-state index in [0.717, 1.165) is 22.4 Å². The second-order valence-electron chi connectivity index (χ2n) is 6.65. The number of hydrogen-bond donors (Lipinski definition) is 2. The van der Waals surface area contributed by atoms with Crippen LogP contribution in [-0.4, -0.2) is 24.8 Å². The first-order valence-corrected chi connectivity index (χ1v) is 9.99. The van der Waals surface area contributed by atoms with Gasteiger partial charge in [-0.2, -0.15) is 18.6 Å². The van der Waals surface area contributed by atoms with Crippen LogP contribution in [0.4, 0.5) is 0 Å². The third kappa shape index (κ3) is 4.09. The summed E-state index contributed by atoms with van der Waals surface area (Å²) in [5.41, 5.74) is 5.99. The van der Waals surface area contributed by atoms with Crippen LogP contribution in [0.25, 0.3) is 11.3 Å². The zero-order chi connectivity index (χ0) is 19.6. The van der Waals surface area contributed by atoms with E-state index in [1.165, 1.54) is 6.21 Å². The highest BCUT2D eigenvalue weighted by Gasteiger charge is 2.19. The Morgan fingerprint density at radius 1 is 1.00 bits per heavy atom. The first kappa shape index (κ1) is 18.8. The number of nitrogens with one attached hydrogen (secondary N) is 2. The zero-order valence-corrected chi connectivity index (χ0v) is 16.6. The van der Waals surface area contributed by atoms with Gasteiger partial charge in [0.15, 0.2) is 0 Å². The van der Waals surface area contributed by atoms with Crippen LogP contribution in [0.5, 0.6) is 0 Å². The van der Waals surface area contributed by atoms with Crippen molar-refractivity contribution in [2.75, 3.05) is 0 Å². The fourth-order valence-corrected chi connectivity index (χ4v) is 4.39. The molecule has 0 atom stereocenters. The molecular formula is C20H22N4O2S. The molecule has 0 fully saturated rings. The van der Waals surface area contributed by atoms with Crippen LogP contribution >= 0.6 is 0 Å². The zero-order valence-electron chi connectivity index (χ0n) is 15.7. The maximum atomic E-state index is 12.7. The highest BCUT2D eigenvalue weighted by Crippen LogP contribution is 2.22. The topological polar surface area (TPSA) is 87.2 Å². The van der Waals surface area contributed by atoms with E-state index >= 15 is 0 Å². The average Bonchev–Trinajstić information content (AvgIpc) is 3.02. The Labute approximate surface area is 159 Å². The fourth-order valence-electron chi connectivity index (χ4n) is 3.15. The van der Waals surface area contributed by atoms with Gasteiger partial charge in [0.25, 0.3) is 10.0 Å². The molecule has 27 heavy (non-hydrogen) atoms. The minimum Gasteiger partial charge on any atom is -0.277 e. The Morgan fingerprint density at radius 2 is 1.63 bits per heavy atom. The van der Waals surface area contributed by atoms with E-state index in [4.69, 9.17) is 0 Å². The van der Waals surface area contributed by atoms with E-state index in [1.807, 2.05) is 50.2 Å². The van der Waals surface area contributed by atoms with Crippen LogP contribution in [-0.2, 0) is 10.0 Å². The molecule has 0 aliphatic rings. The molecule has 2 N–H and O–H groups in total. The van der Waals surface area contributed by atoms with Gasteiger partial charge in [0.05, 0.1) is 23.0 Å². The van der Waals surface area contributed by atoms with Crippen molar-refractivity contribution in [1.29, 1.82) is 0 Å². The molecule has 7 heteroatoms. The maximum Gasteiger partial charge on any atom is 0.277 e. The van der Waals surface area contributed by atoms with Gasteiger partial charge in [-0.05, 0) is 38.8 Å². The quantitative estimate of drug-likeness (QED) is 0.522. The maximum absolute atomic E-state index is 12.7. The van der Waals surface area contributed by atoms with Crippen molar-refractivity contribution < 1.29 is 8.42 Å². The van der Waals surface area contributed by atoms with E-state index in [2.05, 4.69) is 20.1 Å². The van der Waals surface area contributed by atoms with Gasteiger partial charge in [0.2, 0.25) is 0 Å². The Morgan fingerprint density at radius 3 is 2.26 bits per heavy atom. The Bertz CT molecular complexity index is 1070. The van der Waals surface area contributed by atoms with E-state index < -0.39 is 10.0 Å². The lowest BCUT2D eigenvalue weighted by atomic mass is 10.1. The van der Waals surface area contributed by atoms with Crippen molar-refractivity contribution in [2.45, 2.75) is 32.6 Å². The molecule has 0 amide bonds. The van der Waals surface area contributed by atoms with Crippen molar-refractivity contribution in [1.82, 2.24) is 15.0 Å². The number of sulfonamides is 1. The lowest BCUT2D eigenvalue weighted by Gasteiger charge is -2.11. The van der Waals surface area contributed by atoms with Gasteiger partial charge in [-0.3, -0.25) is 5.10 Å². The molecule has 3 aromatic rings. The van der Waals surface area contributed by atoms with Gasteiger partial charge in [-0.15, -0.1) is 0 Å². The van der Waals surface area contributed by atoms with E-state index in [0.29, 0.717) is 16.7 Å². The number of H-pyrrole nitrogens is 1. The summed E-state index contributed by atoms with van der Waals surface area (Å²) in [5, 5.41) is 10.9. The molecule has 0 saturated carbocycles. The van der Waals surface area contributed by atoms with Gasteiger partial charge in [-0.25, -0.2) is 4.83 Å². The minimum atomic E-state index is -3.75. The molecular weight excluding hydrogens is 360 g/mol. The van der Waals surface area contributed by atoms with Crippen molar-refractivity contribution in [2.24, 2.45) is 5.10 Å².